The number of aromatic nitrogens is 1. The van der Waals surface area contributed by atoms with Crippen molar-refractivity contribution in [2.24, 2.45) is 0 Å². The molecule has 0 spiro atoms. The Morgan fingerprint density at radius 2 is 2.24 bits per heavy atom. The third-order valence-corrected chi connectivity index (χ3v) is 2.08. The lowest BCUT2D eigenvalue weighted by Gasteiger charge is -2.08. The van der Waals surface area contributed by atoms with Gasteiger partial charge in [0.1, 0.15) is 11.5 Å². The van der Waals surface area contributed by atoms with Gasteiger partial charge in [0.15, 0.2) is 0 Å². The minimum absolute atomic E-state index is 0.178. The average Bonchev–Trinajstić information content (AvgIpc) is 2.34. The van der Waals surface area contributed by atoms with Gasteiger partial charge in [0, 0.05) is 13.6 Å². The normalized spacial score (nSPS) is 10.4. The lowest BCUT2D eigenvalue weighted by molar-refractivity contribution is 0.0745. The number of nitrogens with zero attached hydrogens (tertiary/aromatic N) is 1. The van der Waals surface area contributed by atoms with Crippen LogP contribution < -0.4 is 10.6 Å². The number of rotatable bonds is 6. The summed E-state index contributed by atoms with van der Waals surface area (Å²) in [4.78, 5) is 15.8. The van der Waals surface area contributed by atoms with Crippen molar-refractivity contribution in [3.05, 3.63) is 23.9 Å². The quantitative estimate of drug-likeness (QED) is 0.732. The van der Waals surface area contributed by atoms with E-state index >= 15 is 0 Å². The molecule has 0 aliphatic rings. The highest BCUT2D eigenvalue weighted by Crippen LogP contribution is 2.03. The van der Waals surface area contributed by atoms with E-state index in [4.69, 9.17) is 4.74 Å². The fourth-order valence-corrected chi connectivity index (χ4v) is 1.25. The monoisotopic (exact) mass is 237 g/mol. The van der Waals surface area contributed by atoms with Crippen LogP contribution in [0.15, 0.2) is 18.2 Å². The molecule has 1 heterocycles. The van der Waals surface area contributed by atoms with Crippen molar-refractivity contribution in [3.63, 3.8) is 0 Å². The van der Waals surface area contributed by atoms with E-state index in [0.717, 1.165) is 0 Å². The second-order valence-corrected chi connectivity index (χ2v) is 3.83. The predicted molar refractivity (Wildman–Crippen MR) is 67.2 cm³/mol. The molecule has 1 amide bonds. The molecule has 17 heavy (non-hydrogen) atoms. The molecule has 5 nitrogen and oxygen atoms in total. The first-order valence-electron chi connectivity index (χ1n) is 5.68. The van der Waals surface area contributed by atoms with Crippen LogP contribution in [0.5, 0.6) is 0 Å². The van der Waals surface area contributed by atoms with Crippen molar-refractivity contribution < 1.29 is 9.53 Å². The number of nitrogens with one attached hydrogen (secondary N) is 2. The Kier molecular flexibility index (Phi) is 5.42. The van der Waals surface area contributed by atoms with Crippen LogP contribution in [0, 0.1) is 0 Å². The highest BCUT2D eigenvalue weighted by Gasteiger charge is 2.06. The maximum absolute atomic E-state index is 11.7. The number of pyridine rings is 1. The molecule has 0 fully saturated rings. The van der Waals surface area contributed by atoms with Crippen LogP contribution in [-0.4, -0.2) is 37.2 Å². The third kappa shape index (κ3) is 4.82. The van der Waals surface area contributed by atoms with Crippen LogP contribution in [-0.2, 0) is 4.74 Å². The van der Waals surface area contributed by atoms with E-state index < -0.39 is 0 Å². The first kappa shape index (κ1) is 13.4. The van der Waals surface area contributed by atoms with Crippen LogP contribution in [0.3, 0.4) is 0 Å². The van der Waals surface area contributed by atoms with Crippen LogP contribution in [0.25, 0.3) is 0 Å². The smallest absolute Gasteiger partial charge is 0.270 e. The zero-order valence-corrected chi connectivity index (χ0v) is 10.5. The molecule has 0 saturated carbocycles. The molecular formula is C12H19N3O2. The topological polar surface area (TPSA) is 63.2 Å². The van der Waals surface area contributed by atoms with Crippen LogP contribution in [0.1, 0.15) is 24.3 Å². The first-order chi connectivity index (χ1) is 8.13. The number of ether oxygens (including phenoxy) is 1. The Bertz CT molecular complexity index is 367. The summed E-state index contributed by atoms with van der Waals surface area (Å²) < 4.78 is 5.33. The van der Waals surface area contributed by atoms with E-state index in [0.29, 0.717) is 24.7 Å². The van der Waals surface area contributed by atoms with Crippen molar-refractivity contribution in [3.8, 4) is 0 Å². The zero-order chi connectivity index (χ0) is 12.7. The number of hydrogen-bond donors (Lipinski definition) is 2. The average molecular weight is 237 g/mol. The van der Waals surface area contributed by atoms with Crippen LogP contribution in [0.2, 0.25) is 0 Å². The highest BCUT2D eigenvalue weighted by atomic mass is 16.5. The lowest BCUT2D eigenvalue weighted by atomic mass is 10.3. The van der Waals surface area contributed by atoms with E-state index in [1.807, 2.05) is 13.8 Å². The summed E-state index contributed by atoms with van der Waals surface area (Å²) in [7, 11) is 1.76. The Labute approximate surface area is 102 Å². The van der Waals surface area contributed by atoms with Gasteiger partial charge in [0.25, 0.3) is 5.91 Å². The Morgan fingerprint density at radius 3 is 2.88 bits per heavy atom. The summed E-state index contributed by atoms with van der Waals surface area (Å²) in [5, 5.41) is 5.64. The van der Waals surface area contributed by atoms with E-state index in [1.54, 1.807) is 25.2 Å². The maximum atomic E-state index is 11.7. The molecule has 0 atom stereocenters. The molecule has 0 radical (unpaired) electrons. The zero-order valence-electron chi connectivity index (χ0n) is 10.5. The lowest BCUT2D eigenvalue weighted by Crippen LogP contribution is -2.28. The molecule has 1 aromatic heterocycles. The number of anilines is 1. The van der Waals surface area contributed by atoms with Crippen molar-refractivity contribution in [1.82, 2.24) is 10.3 Å². The Morgan fingerprint density at radius 1 is 1.47 bits per heavy atom. The number of carbonyl (C=O) groups is 1. The molecule has 5 heteroatoms. The first-order valence-corrected chi connectivity index (χ1v) is 5.68. The fraction of sp³-hybridized carbons (Fsp3) is 0.500. The molecule has 0 unspecified atom stereocenters. The van der Waals surface area contributed by atoms with Gasteiger partial charge < -0.3 is 15.4 Å². The minimum Gasteiger partial charge on any atom is -0.377 e. The Balaban J connectivity index is 2.41. The van der Waals surface area contributed by atoms with E-state index in [2.05, 4.69) is 15.6 Å². The summed E-state index contributed by atoms with van der Waals surface area (Å²) in [5.41, 5.74) is 0.404. The Hall–Kier alpha value is -1.62. The van der Waals surface area contributed by atoms with Gasteiger partial charge in [0.2, 0.25) is 0 Å². The van der Waals surface area contributed by atoms with Crippen LogP contribution >= 0.6 is 0 Å². The molecule has 0 saturated heterocycles. The molecule has 94 valence electrons. The van der Waals surface area contributed by atoms with Gasteiger partial charge in [0.05, 0.1) is 12.7 Å². The predicted octanol–water partition coefficient (Wildman–Crippen LogP) is 1.28. The minimum atomic E-state index is -0.186. The molecule has 0 aromatic carbocycles. The van der Waals surface area contributed by atoms with Crippen molar-refractivity contribution in [2.45, 2.75) is 20.0 Å². The summed E-state index contributed by atoms with van der Waals surface area (Å²) in [5.74, 6) is 0.491. The summed E-state index contributed by atoms with van der Waals surface area (Å²) in [6.45, 7) is 4.91. The molecule has 1 aromatic rings. The van der Waals surface area contributed by atoms with Gasteiger partial charge >= 0.3 is 0 Å². The van der Waals surface area contributed by atoms with Crippen molar-refractivity contribution in [1.29, 1.82) is 0 Å². The second kappa shape index (κ2) is 6.85. The van der Waals surface area contributed by atoms with Crippen molar-refractivity contribution in [2.75, 3.05) is 25.5 Å². The van der Waals surface area contributed by atoms with E-state index in [1.165, 1.54) is 0 Å². The number of hydrogen-bond acceptors (Lipinski definition) is 4. The van der Waals surface area contributed by atoms with E-state index in [-0.39, 0.29) is 12.0 Å². The van der Waals surface area contributed by atoms with Gasteiger partial charge in [-0.1, -0.05) is 6.07 Å². The van der Waals surface area contributed by atoms with Gasteiger partial charge in [-0.3, -0.25) is 4.79 Å². The van der Waals surface area contributed by atoms with Gasteiger partial charge in [-0.05, 0) is 26.0 Å². The SMILES string of the molecule is CNc1cccc(C(=O)NCCOC(C)C)n1. The highest BCUT2D eigenvalue weighted by molar-refractivity contribution is 5.92. The molecular weight excluding hydrogens is 218 g/mol. The summed E-state index contributed by atoms with van der Waals surface area (Å²) in [6.07, 6.45) is 0.178. The van der Waals surface area contributed by atoms with Crippen molar-refractivity contribution >= 4 is 11.7 Å². The second-order valence-electron chi connectivity index (χ2n) is 3.83. The molecule has 0 aliphatic carbocycles. The van der Waals surface area contributed by atoms with Gasteiger partial charge in [-0.15, -0.1) is 0 Å². The number of carbonyl (C=O) groups excluding carboxylic acids is 1. The fourth-order valence-electron chi connectivity index (χ4n) is 1.25. The van der Waals surface area contributed by atoms with Gasteiger partial charge in [-0.25, -0.2) is 4.98 Å². The maximum Gasteiger partial charge on any atom is 0.270 e. The molecule has 0 bridgehead atoms. The van der Waals surface area contributed by atoms with Gasteiger partial charge in [-0.2, -0.15) is 0 Å². The summed E-state index contributed by atoms with van der Waals surface area (Å²) >= 11 is 0. The summed E-state index contributed by atoms with van der Waals surface area (Å²) in [6, 6.07) is 5.27. The molecule has 2 N–H and O–H groups in total. The third-order valence-electron chi connectivity index (χ3n) is 2.08. The number of amides is 1. The standard InChI is InChI=1S/C12H19N3O2/c1-9(2)17-8-7-14-12(16)10-5-4-6-11(13-3)15-10/h4-6,9H,7-8H2,1-3H3,(H,13,15)(H,14,16). The molecule has 1 rings (SSSR count). The van der Waals surface area contributed by atoms with Crippen LogP contribution in [0.4, 0.5) is 5.82 Å². The van der Waals surface area contributed by atoms with E-state index in [9.17, 15) is 4.79 Å². The largest absolute Gasteiger partial charge is 0.377 e. The molecule has 0 aliphatic heterocycles.